The molecule has 2 heterocycles. The van der Waals surface area contributed by atoms with Crippen molar-refractivity contribution in [3.05, 3.63) is 29.8 Å². The number of aliphatic hydroxyl groups is 1. The molecule has 3 atom stereocenters. The minimum absolute atomic E-state index is 0.127. The maximum absolute atomic E-state index is 10.2. The Bertz CT molecular complexity index is 407. The van der Waals surface area contributed by atoms with E-state index in [1.807, 2.05) is 36.0 Å². The van der Waals surface area contributed by atoms with Crippen LogP contribution < -0.4 is 4.74 Å². The maximum Gasteiger partial charge on any atom is 0.125 e. The van der Waals surface area contributed by atoms with Gasteiger partial charge in [0.05, 0.1) is 6.10 Å². The molecule has 1 N–H and O–H groups in total. The number of rotatable bonds is 0. The highest BCUT2D eigenvalue weighted by atomic mass is 32.2. The standard InChI is InChI=1S/C13H16O2S/c1-9-6-13(8-16-9)7-11(14)10-4-2-3-5-12(10)15-13/h2-5,9,11,14H,6-8H2,1H3/t9?,11-,13?/m0/s1. The van der Waals surface area contributed by atoms with Crippen LogP contribution in [0.4, 0.5) is 0 Å². The largest absolute Gasteiger partial charge is 0.486 e. The van der Waals surface area contributed by atoms with Crippen molar-refractivity contribution in [2.45, 2.75) is 36.7 Å². The summed E-state index contributed by atoms with van der Waals surface area (Å²) in [5.41, 5.74) is 0.815. The first-order valence-electron chi connectivity index (χ1n) is 5.76. The number of hydrogen-bond donors (Lipinski definition) is 1. The second kappa shape index (κ2) is 3.67. The molecule has 86 valence electrons. The summed E-state index contributed by atoms with van der Waals surface area (Å²) in [5.74, 6) is 1.87. The van der Waals surface area contributed by atoms with Crippen molar-refractivity contribution < 1.29 is 9.84 Å². The first kappa shape index (κ1) is 10.5. The van der Waals surface area contributed by atoms with E-state index in [-0.39, 0.29) is 11.7 Å². The highest BCUT2D eigenvalue weighted by molar-refractivity contribution is 8.00. The molecular formula is C13H16O2S. The second-order valence-corrected chi connectivity index (χ2v) is 6.30. The van der Waals surface area contributed by atoms with E-state index in [0.29, 0.717) is 5.25 Å². The fraction of sp³-hybridized carbons (Fsp3) is 0.538. The average Bonchev–Trinajstić information content (AvgIpc) is 2.59. The van der Waals surface area contributed by atoms with Gasteiger partial charge in [-0.1, -0.05) is 25.1 Å². The molecule has 2 aliphatic rings. The Morgan fingerprint density at radius 3 is 2.94 bits per heavy atom. The van der Waals surface area contributed by atoms with Gasteiger partial charge < -0.3 is 9.84 Å². The predicted molar refractivity (Wildman–Crippen MR) is 65.9 cm³/mol. The van der Waals surface area contributed by atoms with Crippen LogP contribution in [0.1, 0.15) is 31.4 Å². The van der Waals surface area contributed by atoms with E-state index in [1.165, 1.54) is 0 Å². The Hall–Kier alpha value is -0.670. The molecular weight excluding hydrogens is 220 g/mol. The lowest BCUT2D eigenvalue weighted by atomic mass is 9.87. The highest BCUT2D eigenvalue weighted by Crippen LogP contribution is 2.47. The van der Waals surface area contributed by atoms with Crippen molar-refractivity contribution in [3.63, 3.8) is 0 Å². The fourth-order valence-corrected chi connectivity index (χ4v) is 4.04. The Morgan fingerprint density at radius 2 is 2.19 bits per heavy atom. The minimum atomic E-state index is -0.365. The van der Waals surface area contributed by atoms with E-state index < -0.39 is 0 Å². The average molecular weight is 236 g/mol. The molecule has 0 radical (unpaired) electrons. The van der Waals surface area contributed by atoms with Gasteiger partial charge in [0.25, 0.3) is 0 Å². The van der Waals surface area contributed by atoms with Gasteiger partial charge in [0, 0.05) is 23.0 Å². The normalized spacial score (nSPS) is 37.1. The zero-order valence-corrected chi connectivity index (χ0v) is 10.2. The molecule has 3 heteroatoms. The quantitative estimate of drug-likeness (QED) is 0.751. The molecule has 1 aromatic carbocycles. The van der Waals surface area contributed by atoms with Gasteiger partial charge in [-0.25, -0.2) is 0 Å². The van der Waals surface area contributed by atoms with Gasteiger partial charge in [0.15, 0.2) is 0 Å². The molecule has 0 aromatic heterocycles. The smallest absolute Gasteiger partial charge is 0.125 e. The lowest BCUT2D eigenvalue weighted by Crippen LogP contribution is -2.41. The lowest BCUT2D eigenvalue weighted by Gasteiger charge is -2.37. The summed E-state index contributed by atoms with van der Waals surface area (Å²) in [7, 11) is 0. The van der Waals surface area contributed by atoms with Crippen LogP contribution in [-0.2, 0) is 0 Å². The Morgan fingerprint density at radius 1 is 1.38 bits per heavy atom. The molecule has 1 saturated heterocycles. The molecule has 0 aliphatic carbocycles. The molecule has 16 heavy (non-hydrogen) atoms. The molecule has 2 unspecified atom stereocenters. The first-order valence-corrected chi connectivity index (χ1v) is 6.81. The zero-order valence-electron chi connectivity index (χ0n) is 9.35. The van der Waals surface area contributed by atoms with Crippen molar-refractivity contribution in [1.29, 1.82) is 0 Å². The van der Waals surface area contributed by atoms with E-state index in [1.54, 1.807) is 0 Å². The van der Waals surface area contributed by atoms with Gasteiger partial charge >= 0.3 is 0 Å². The number of ether oxygens (including phenoxy) is 1. The maximum atomic E-state index is 10.2. The fourth-order valence-electron chi connectivity index (χ4n) is 2.74. The summed E-state index contributed by atoms with van der Waals surface area (Å²) in [6.45, 7) is 2.23. The van der Waals surface area contributed by atoms with Gasteiger partial charge in [0.1, 0.15) is 11.4 Å². The Balaban J connectivity index is 1.95. The van der Waals surface area contributed by atoms with Gasteiger partial charge in [0.2, 0.25) is 0 Å². The second-order valence-electron chi connectivity index (χ2n) is 4.87. The Kier molecular flexibility index (Phi) is 2.41. The van der Waals surface area contributed by atoms with Crippen molar-refractivity contribution in [1.82, 2.24) is 0 Å². The van der Waals surface area contributed by atoms with Gasteiger partial charge in [-0.15, -0.1) is 0 Å². The van der Waals surface area contributed by atoms with Crippen molar-refractivity contribution in [2.75, 3.05) is 5.75 Å². The molecule has 0 bridgehead atoms. The van der Waals surface area contributed by atoms with Crippen LogP contribution in [0.15, 0.2) is 24.3 Å². The van der Waals surface area contributed by atoms with Crippen LogP contribution >= 0.6 is 11.8 Å². The molecule has 1 spiro atoms. The number of thioether (sulfide) groups is 1. The van der Waals surface area contributed by atoms with Crippen LogP contribution in [0.5, 0.6) is 5.75 Å². The molecule has 3 rings (SSSR count). The molecule has 2 nitrogen and oxygen atoms in total. The highest BCUT2D eigenvalue weighted by Gasteiger charge is 2.45. The van der Waals surface area contributed by atoms with Gasteiger partial charge in [-0.05, 0) is 12.5 Å². The van der Waals surface area contributed by atoms with Crippen molar-refractivity contribution in [2.24, 2.45) is 0 Å². The SMILES string of the molecule is CC1CC2(CS1)C[C@H](O)c1ccccc1O2. The molecule has 0 saturated carbocycles. The van der Waals surface area contributed by atoms with E-state index in [0.717, 1.165) is 29.9 Å². The third-order valence-corrected chi connectivity index (χ3v) is 4.89. The molecule has 1 aromatic rings. The summed E-state index contributed by atoms with van der Waals surface area (Å²) in [5, 5.41) is 10.8. The minimum Gasteiger partial charge on any atom is -0.486 e. The van der Waals surface area contributed by atoms with Crippen LogP contribution in [0.3, 0.4) is 0 Å². The van der Waals surface area contributed by atoms with E-state index in [2.05, 4.69) is 6.92 Å². The zero-order chi connectivity index (χ0) is 11.2. The lowest BCUT2D eigenvalue weighted by molar-refractivity contribution is 0.00153. The summed E-state index contributed by atoms with van der Waals surface area (Å²) in [6.07, 6.45) is 1.42. The van der Waals surface area contributed by atoms with Crippen molar-refractivity contribution in [3.8, 4) is 5.75 Å². The van der Waals surface area contributed by atoms with Crippen molar-refractivity contribution >= 4 is 11.8 Å². The number of para-hydroxylation sites is 1. The number of fused-ring (bicyclic) bond motifs is 1. The monoisotopic (exact) mass is 236 g/mol. The molecule has 1 fully saturated rings. The van der Waals surface area contributed by atoms with Crippen LogP contribution in [-0.4, -0.2) is 21.7 Å². The van der Waals surface area contributed by atoms with Gasteiger partial charge in [-0.2, -0.15) is 11.8 Å². The topological polar surface area (TPSA) is 29.5 Å². The molecule has 0 amide bonds. The van der Waals surface area contributed by atoms with Gasteiger partial charge in [-0.3, -0.25) is 0 Å². The Labute approximate surface area is 100 Å². The van der Waals surface area contributed by atoms with E-state index >= 15 is 0 Å². The summed E-state index contributed by atoms with van der Waals surface area (Å²) in [4.78, 5) is 0. The first-order chi connectivity index (χ1) is 7.69. The molecule has 2 aliphatic heterocycles. The number of benzene rings is 1. The predicted octanol–water partition coefficient (Wildman–Crippen LogP) is 2.77. The third-order valence-electron chi connectivity index (χ3n) is 3.46. The number of hydrogen-bond acceptors (Lipinski definition) is 3. The summed E-state index contributed by atoms with van der Waals surface area (Å²) in [6, 6.07) is 7.84. The van der Waals surface area contributed by atoms with Crippen LogP contribution in [0, 0.1) is 0 Å². The van der Waals surface area contributed by atoms with Crippen LogP contribution in [0.2, 0.25) is 0 Å². The summed E-state index contributed by atoms with van der Waals surface area (Å²) < 4.78 is 6.14. The number of aliphatic hydroxyl groups excluding tert-OH is 1. The van der Waals surface area contributed by atoms with Crippen LogP contribution in [0.25, 0.3) is 0 Å². The van der Waals surface area contributed by atoms with E-state index in [4.69, 9.17) is 4.74 Å². The summed E-state index contributed by atoms with van der Waals surface area (Å²) >= 11 is 1.94. The third kappa shape index (κ3) is 1.62. The van der Waals surface area contributed by atoms with E-state index in [9.17, 15) is 5.11 Å².